The van der Waals surface area contributed by atoms with E-state index >= 15 is 0 Å². The van der Waals surface area contributed by atoms with Crippen LogP contribution in [0.25, 0.3) is 0 Å². The molecule has 5 heteroatoms. The summed E-state index contributed by atoms with van der Waals surface area (Å²) in [6.07, 6.45) is 5.93. The van der Waals surface area contributed by atoms with E-state index in [1.54, 1.807) is 0 Å². The number of likely N-dealkylation sites (tertiary alicyclic amines) is 2. The summed E-state index contributed by atoms with van der Waals surface area (Å²) in [7, 11) is 1.92. The van der Waals surface area contributed by atoms with Crippen LogP contribution >= 0.6 is 0 Å². The molecule has 0 bridgehead atoms. The SMILES string of the molecule is CN1CC(CN2CCC3(CCC(=O)NC3)CC2)CCC1=O. The second kappa shape index (κ2) is 5.95. The van der Waals surface area contributed by atoms with Crippen molar-refractivity contribution in [3.8, 4) is 0 Å². The number of nitrogens with zero attached hydrogens (tertiary/aromatic N) is 2. The summed E-state index contributed by atoms with van der Waals surface area (Å²) < 4.78 is 0. The van der Waals surface area contributed by atoms with E-state index in [0.717, 1.165) is 45.6 Å². The molecule has 21 heavy (non-hydrogen) atoms. The third-order valence-electron chi connectivity index (χ3n) is 5.70. The highest BCUT2D eigenvalue weighted by Gasteiger charge is 2.38. The molecular weight excluding hydrogens is 266 g/mol. The number of rotatable bonds is 2. The normalized spacial score (nSPS) is 30.5. The molecule has 3 aliphatic rings. The molecule has 2 amide bonds. The summed E-state index contributed by atoms with van der Waals surface area (Å²) >= 11 is 0. The van der Waals surface area contributed by atoms with Crippen LogP contribution in [-0.4, -0.2) is 61.4 Å². The highest BCUT2D eigenvalue weighted by molar-refractivity contribution is 5.77. The summed E-state index contributed by atoms with van der Waals surface area (Å²) in [5, 5.41) is 3.05. The standard InChI is InChI=1S/C16H27N3O2/c1-18-10-13(2-3-15(18)21)11-19-8-6-16(7-9-19)5-4-14(20)17-12-16/h13H,2-12H2,1H3,(H,17,20). The molecule has 3 saturated heterocycles. The van der Waals surface area contributed by atoms with Gasteiger partial charge in [-0.3, -0.25) is 9.59 Å². The second-order valence-electron chi connectivity index (χ2n) is 7.26. The van der Waals surface area contributed by atoms with Crippen LogP contribution in [0.2, 0.25) is 0 Å². The smallest absolute Gasteiger partial charge is 0.222 e. The van der Waals surface area contributed by atoms with Gasteiger partial charge in [-0.25, -0.2) is 0 Å². The molecule has 1 spiro atoms. The molecule has 0 aromatic rings. The molecule has 0 radical (unpaired) electrons. The molecular formula is C16H27N3O2. The zero-order valence-corrected chi connectivity index (χ0v) is 13.1. The van der Waals surface area contributed by atoms with Gasteiger partial charge in [0.05, 0.1) is 0 Å². The third kappa shape index (κ3) is 3.39. The molecule has 3 rings (SSSR count). The number of carbonyl (C=O) groups is 2. The van der Waals surface area contributed by atoms with Crippen molar-refractivity contribution in [2.45, 2.75) is 38.5 Å². The largest absolute Gasteiger partial charge is 0.356 e. The molecule has 0 aromatic carbocycles. The van der Waals surface area contributed by atoms with Gasteiger partial charge in [0.2, 0.25) is 11.8 Å². The Morgan fingerprint density at radius 2 is 1.95 bits per heavy atom. The first-order valence-electron chi connectivity index (χ1n) is 8.29. The number of nitrogens with one attached hydrogen (secondary N) is 1. The Kier molecular flexibility index (Phi) is 4.20. The summed E-state index contributed by atoms with van der Waals surface area (Å²) in [4.78, 5) is 27.3. The molecule has 1 N–H and O–H groups in total. The van der Waals surface area contributed by atoms with Gasteiger partial charge in [-0.05, 0) is 50.1 Å². The predicted octanol–water partition coefficient (Wildman–Crippen LogP) is 0.847. The van der Waals surface area contributed by atoms with Gasteiger partial charge in [-0.1, -0.05) is 0 Å². The summed E-state index contributed by atoms with van der Waals surface area (Å²) in [6, 6.07) is 0. The van der Waals surface area contributed by atoms with Crippen LogP contribution in [0.4, 0.5) is 0 Å². The van der Waals surface area contributed by atoms with Crippen molar-refractivity contribution in [3.63, 3.8) is 0 Å². The monoisotopic (exact) mass is 293 g/mol. The van der Waals surface area contributed by atoms with Gasteiger partial charge in [-0.2, -0.15) is 0 Å². The lowest BCUT2D eigenvalue weighted by Crippen LogP contribution is -2.51. The van der Waals surface area contributed by atoms with Crippen LogP contribution in [0.5, 0.6) is 0 Å². The second-order valence-corrected chi connectivity index (χ2v) is 7.26. The van der Waals surface area contributed by atoms with E-state index in [1.807, 2.05) is 11.9 Å². The summed E-state index contributed by atoms with van der Waals surface area (Å²) in [6.45, 7) is 5.20. The van der Waals surface area contributed by atoms with E-state index in [-0.39, 0.29) is 5.91 Å². The zero-order chi connectivity index (χ0) is 14.9. The fraction of sp³-hybridized carbons (Fsp3) is 0.875. The predicted molar refractivity (Wildman–Crippen MR) is 80.7 cm³/mol. The number of carbonyl (C=O) groups excluding carboxylic acids is 2. The van der Waals surface area contributed by atoms with Crippen molar-refractivity contribution in [3.05, 3.63) is 0 Å². The first-order valence-corrected chi connectivity index (χ1v) is 8.29. The van der Waals surface area contributed by atoms with Crippen LogP contribution in [0.1, 0.15) is 38.5 Å². The average molecular weight is 293 g/mol. The van der Waals surface area contributed by atoms with Crippen LogP contribution < -0.4 is 5.32 Å². The topological polar surface area (TPSA) is 52.6 Å². The minimum Gasteiger partial charge on any atom is -0.356 e. The lowest BCUT2D eigenvalue weighted by atomic mass is 9.73. The minimum absolute atomic E-state index is 0.220. The minimum atomic E-state index is 0.220. The van der Waals surface area contributed by atoms with E-state index in [4.69, 9.17) is 0 Å². The van der Waals surface area contributed by atoms with Crippen molar-refractivity contribution in [1.29, 1.82) is 0 Å². The van der Waals surface area contributed by atoms with E-state index in [0.29, 0.717) is 30.1 Å². The van der Waals surface area contributed by atoms with Gasteiger partial charge in [0.1, 0.15) is 0 Å². The van der Waals surface area contributed by atoms with Crippen LogP contribution in [-0.2, 0) is 9.59 Å². The molecule has 3 heterocycles. The lowest BCUT2D eigenvalue weighted by molar-refractivity contribution is -0.133. The highest BCUT2D eigenvalue weighted by Crippen LogP contribution is 2.37. The molecule has 118 valence electrons. The molecule has 1 unspecified atom stereocenters. The highest BCUT2D eigenvalue weighted by atomic mass is 16.2. The van der Waals surface area contributed by atoms with E-state index in [2.05, 4.69) is 10.2 Å². The molecule has 1 atom stereocenters. The van der Waals surface area contributed by atoms with E-state index < -0.39 is 0 Å². The van der Waals surface area contributed by atoms with Gasteiger partial charge < -0.3 is 15.1 Å². The maximum absolute atomic E-state index is 11.5. The summed E-state index contributed by atoms with van der Waals surface area (Å²) in [5.74, 6) is 1.15. The van der Waals surface area contributed by atoms with Crippen molar-refractivity contribution >= 4 is 11.8 Å². The average Bonchev–Trinajstić information content (AvgIpc) is 2.49. The maximum Gasteiger partial charge on any atom is 0.222 e. The quantitative estimate of drug-likeness (QED) is 0.821. The van der Waals surface area contributed by atoms with Crippen LogP contribution in [0.3, 0.4) is 0 Å². The molecule has 3 aliphatic heterocycles. The Bertz CT molecular complexity index is 404. The number of piperidine rings is 3. The van der Waals surface area contributed by atoms with Crippen LogP contribution in [0.15, 0.2) is 0 Å². The van der Waals surface area contributed by atoms with Crippen molar-refractivity contribution < 1.29 is 9.59 Å². The maximum atomic E-state index is 11.5. The van der Waals surface area contributed by atoms with Crippen molar-refractivity contribution in [2.75, 3.05) is 39.8 Å². The fourth-order valence-electron chi connectivity index (χ4n) is 4.09. The van der Waals surface area contributed by atoms with Crippen molar-refractivity contribution in [1.82, 2.24) is 15.1 Å². The van der Waals surface area contributed by atoms with Gasteiger partial charge in [0.15, 0.2) is 0 Å². The zero-order valence-electron chi connectivity index (χ0n) is 13.1. The first-order chi connectivity index (χ1) is 10.1. The van der Waals surface area contributed by atoms with Gasteiger partial charge in [0, 0.05) is 39.5 Å². The van der Waals surface area contributed by atoms with Crippen molar-refractivity contribution in [2.24, 2.45) is 11.3 Å². The molecule has 0 aliphatic carbocycles. The number of amides is 2. The Balaban J connectivity index is 1.46. The van der Waals surface area contributed by atoms with Gasteiger partial charge >= 0.3 is 0 Å². The Labute approximate surface area is 127 Å². The van der Waals surface area contributed by atoms with E-state index in [9.17, 15) is 9.59 Å². The number of hydrogen-bond donors (Lipinski definition) is 1. The Hall–Kier alpha value is -1.10. The third-order valence-corrected chi connectivity index (χ3v) is 5.70. The van der Waals surface area contributed by atoms with Gasteiger partial charge in [-0.15, -0.1) is 0 Å². The lowest BCUT2D eigenvalue weighted by Gasteiger charge is -2.45. The van der Waals surface area contributed by atoms with E-state index in [1.165, 1.54) is 12.8 Å². The molecule has 0 saturated carbocycles. The summed E-state index contributed by atoms with van der Waals surface area (Å²) in [5.41, 5.74) is 0.365. The Morgan fingerprint density at radius 3 is 2.57 bits per heavy atom. The van der Waals surface area contributed by atoms with Gasteiger partial charge in [0.25, 0.3) is 0 Å². The molecule has 5 nitrogen and oxygen atoms in total. The Morgan fingerprint density at radius 1 is 1.19 bits per heavy atom. The first kappa shape index (κ1) is 14.8. The molecule has 3 fully saturated rings. The van der Waals surface area contributed by atoms with Crippen LogP contribution in [0, 0.1) is 11.3 Å². The fourth-order valence-corrected chi connectivity index (χ4v) is 4.09. The number of hydrogen-bond acceptors (Lipinski definition) is 3. The molecule has 0 aromatic heterocycles.